The molecule has 0 radical (unpaired) electrons. The highest BCUT2D eigenvalue weighted by molar-refractivity contribution is 5.91. The molecule has 0 aromatic heterocycles. The Balaban J connectivity index is 2.40. The maximum Gasteiger partial charge on any atom is 0.336 e. The lowest BCUT2D eigenvalue weighted by Gasteiger charge is -2.23. The minimum atomic E-state index is -1.33. The first-order chi connectivity index (χ1) is 7.51. The summed E-state index contributed by atoms with van der Waals surface area (Å²) in [7, 11) is 0. The molecule has 0 amide bonds. The van der Waals surface area contributed by atoms with Gasteiger partial charge in [0.25, 0.3) is 0 Å². The summed E-state index contributed by atoms with van der Waals surface area (Å²) in [6, 6.07) is 0. The van der Waals surface area contributed by atoms with Gasteiger partial charge < -0.3 is 9.84 Å². The summed E-state index contributed by atoms with van der Waals surface area (Å²) in [5.41, 5.74) is 1.23. The first-order valence-electron chi connectivity index (χ1n) is 6.15. The molecule has 3 heteroatoms. The van der Waals surface area contributed by atoms with E-state index >= 15 is 0 Å². The fourth-order valence-corrected chi connectivity index (χ4v) is 1.96. The van der Waals surface area contributed by atoms with Crippen LogP contribution in [0.1, 0.15) is 59.3 Å². The molecular formula is C13H22O3. The minimum absolute atomic E-state index is 0.381. The van der Waals surface area contributed by atoms with Gasteiger partial charge in [0.15, 0.2) is 0 Å². The molecule has 0 aliphatic carbocycles. The van der Waals surface area contributed by atoms with Crippen LogP contribution in [0.5, 0.6) is 0 Å². The molecule has 1 heterocycles. The third-order valence-corrected chi connectivity index (χ3v) is 3.34. The van der Waals surface area contributed by atoms with Crippen LogP contribution < -0.4 is 0 Å². The van der Waals surface area contributed by atoms with E-state index in [0.717, 1.165) is 12.8 Å². The second-order valence-electron chi connectivity index (χ2n) is 4.59. The van der Waals surface area contributed by atoms with Crippen LogP contribution >= 0.6 is 0 Å². The van der Waals surface area contributed by atoms with Crippen molar-refractivity contribution >= 4 is 5.97 Å². The maximum atomic E-state index is 11.3. The number of aliphatic hydroxyl groups is 1. The van der Waals surface area contributed by atoms with Crippen LogP contribution in [0.4, 0.5) is 0 Å². The summed E-state index contributed by atoms with van der Waals surface area (Å²) in [4.78, 5) is 11.3. The van der Waals surface area contributed by atoms with Gasteiger partial charge >= 0.3 is 5.97 Å². The first-order valence-corrected chi connectivity index (χ1v) is 6.15. The molecule has 1 aliphatic rings. The number of hydrogen-bond acceptors (Lipinski definition) is 3. The second kappa shape index (κ2) is 5.48. The van der Waals surface area contributed by atoms with E-state index < -0.39 is 5.79 Å². The summed E-state index contributed by atoms with van der Waals surface area (Å²) in [5, 5.41) is 10.2. The van der Waals surface area contributed by atoms with Gasteiger partial charge in [0, 0.05) is 17.6 Å². The van der Waals surface area contributed by atoms with Gasteiger partial charge in [0.2, 0.25) is 5.79 Å². The number of carbonyl (C=O) groups excluding carboxylic acids is 1. The molecule has 3 nitrogen and oxygen atoms in total. The van der Waals surface area contributed by atoms with Crippen molar-refractivity contribution < 1.29 is 14.6 Å². The third-order valence-electron chi connectivity index (χ3n) is 3.34. The number of esters is 1. The zero-order valence-corrected chi connectivity index (χ0v) is 10.5. The lowest BCUT2D eigenvalue weighted by molar-refractivity contribution is -0.183. The summed E-state index contributed by atoms with van der Waals surface area (Å²) < 4.78 is 5.02. The molecule has 0 bridgehead atoms. The van der Waals surface area contributed by atoms with Crippen LogP contribution in [0.3, 0.4) is 0 Å². The van der Waals surface area contributed by atoms with Crippen LogP contribution in [-0.2, 0) is 9.53 Å². The molecular weight excluding hydrogens is 204 g/mol. The smallest absolute Gasteiger partial charge is 0.336 e. The molecule has 92 valence electrons. The maximum absolute atomic E-state index is 11.3. The lowest BCUT2D eigenvalue weighted by Crippen LogP contribution is -2.30. The predicted molar refractivity (Wildman–Crippen MR) is 62.8 cm³/mol. The van der Waals surface area contributed by atoms with Crippen molar-refractivity contribution in [3.05, 3.63) is 11.1 Å². The molecule has 0 aromatic rings. The highest BCUT2D eigenvalue weighted by Crippen LogP contribution is 2.34. The average molecular weight is 226 g/mol. The normalized spacial score (nSPS) is 25.1. The van der Waals surface area contributed by atoms with Crippen LogP contribution in [0.25, 0.3) is 0 Å². The fraction of sp³-hybridized carbons (Fsp3) is 0.769. The van der Waals surface area contributed by atoms with Crippen LogP contribution in [0.2, 0.25) is 0 Å². The Morgan fingerprint density at radius 3 is 2.31 bits per heavy atom. The highest BCUT2D eigenvalue weighted by Gasteiger charge is 2.41. The van der Waals surface area contributed by atoms with Crippen molar-refractivity contribution in [3.63, 3.8) is 0 Å². The van der Waals surface area contributed by atoms with Crippen LogP contribution in [0.15, 0.2) is 11.1 Å². The fourth-order valence-electron chi connectivity index (χ4n) is 1.96. The van der Waals surface area contributed by atoms with Gasteiger partial charge in [-0.25, -0.2) is 4.79 Å². The van der Waals surface area contributed by atoms with Gasteiger partial charge in [-0.1, -0.05) is 32.6 Å². The Morgan fingerprint density at radius 1 is 1.19 bits per heavy atom. The number of cyclic esters (lactones) is 1. The van der Waals surface area contributed by atoms with E-state index in [1.807, 2.05) is 0 Å². The zero-order valence-electron chi connectivity index (χ0n) is 10.5. The van der Waals surface area contributed by atoms with Gasteiger partial charge in [-0.2, -0.15) is 0 Å². The number of unbranched alkanes of at least 4 members (excludes halogenated alkanes) is 4. The Kier molecular flexibility index (Phi) is 4.54. The predicted octanol–water partition coefficient (Wildman–Crippen LogP) is 2.93. The zero-order chi connectivity index (χ0) is 12.2. The van der Waals surface area contributed by atoms with Gasteiger partial charge in [-0.15, -0.1) is 0 Å². The molecule has 1 aliphatic heterocycles. The van der Waals surface area contributed by atoms with Gasteiger partial charge in [-0.05, 0) is 20.3 Å². The molecule has 1 unspecified atom stereocenters. The largest absolute Gasteiger partial charge is 0.426 e. The van der Waals surface area contributed by atoms with Crippen LogP contribution in [0, 0.1) is 0 Å². The van der Waals surface area contributed by atoms with E-state index in [4.69, 9.17) is 4.74 Å². The standard InChI is InChI=1S/C13H22O3/c1-4-5-6-7-8-9-13(15)11(3)10(2)12(14)16-13/h15H,4-9H2,1-3H3. The van der Waals surface area contributed by atoms with E-state index in [2.05, 4.69) is 6.92 Å². The van der Waals surface area contributed by atoms with Gasteiger partial charge in [0.05, 0.1) is 0 Å². The molecule has 1 rings (SSSR count). The van der Waals surface area contributed by atoms with E-state index in [9.17, 15) is 9.90 Å². The number of carbonyl (C=O) groups is 1. The Bertz CT molecular complexity index is 294. The SMILES string of the molecule is CCCCCCCC1(O)OC(=O)C(C)=C1C. The Hall–Kier alpha value is -0.830. The van der Waals surface area contributed by atoms with Gasteiger partial charge in [0.1, 0.15) is 0 Å². The average Bonchev–Trinajstić information content (AvgIpc) is 2.43. The molecule has 0 aromatic carbocycles. The van der Waals surface area contributed by atoms with Crippen molar-refractivity contribution in [1.29, 1.82) is 0 Å². The molecule has 0 fully saturated rings. The van der Waals surface area contributed by atoms with E-state index in [0.29, 0.717) is 17.6 Å². The van der Waals surface area contributed by atoms with Crippen molar-refractivity contribution in [2.75, 3.05) is 0 Å². The molecule has 0 spiro atoms. The molecule has 0 saturated heterocycles. The highest BCUT2D eigenvalue weighted by atomic mass is 16.7. The Labute approximate surface area is 97.5 Å². The summed E-state index contributed by atoms with van der Waals surface area (Å²) >= 11 is 0. The van der Waals surface area contributed by atoms with Crippen molar-refractivity contribution in [3.8, 4) is 0 Å². The summed E-state index contributed by atoms with van der Waals surface area (Å²) in [6.07, 6.45) is 6.12. The molecule has 1 atom stereocenters. The monoisotopic (exact) mass is 226 g/mol. The van der Waals surface area contributed by atoms with Crippen molar-refractivity contribution in [2.24, 2.45) is 0 Å². The number of hydrogen-bond donors (Lipinski definition) is 1. The van der Waals surface area contributed by atoms with Crippen molar-refractivity contribution in [1.82, 2.24) is 0 Å². The van der Waals surface area contributed by atoms with Gasteiger partial charge in [-0.3, -0.25) is 0 Å². The molecule has 1 N–H and O–H groups in total. The lowest BCUT2D eigenvalue weighted by atomic mass is 9.98. The molecule has 0 saturated carbocycles. The number of ether oxygens (including phenoxy) is 1. The van der Waals surface area contributed by atoms with Crippen LogP contribution in [-0.4, -0.2) is 16.9 Å². The first kappa shape index (κ1) is 13.2. The summed E-state index contributed by atoms with van der Waals surface area (Å²) in [6.45, 7) is 5.64. The second-order valence-corrected chi connectivity index (χ2v) is 4.59. The third kappa shape index (κ3) is 2.85. The topological polar surface area (TPSA) is 46.5 Å². The Morgan fingerprint density at radius 2 is 1.81 bits per heavy atom. The minimum Gasteiger partial charge on any atom is -0.426 e. The van der Waals surface area contributed by atoms with Crippen molar-refractivity contribution in [2.45, 2.75) is 65.1 Å². The quantitative estimate of drug-likeness (QED) is 0.559. The summed E-state index contributed by atoms with van der Waals surface area (Å²) in [5.74, 6) is -1.71. The van der Waals surface area contributed by atoms with E-state index in [1.165, 1.54) is 19.3 Å². The van der Waals surface area contributed by atoms with E-state index in [-0.39, 0.29) is 5.97 Å². The van der Waals surface area contributed by atoms with E-state index in [1.54, 1.807) is 13.8 Å². The molecule has 16 heavy (non-hydrogen) atoms. The number of rotatable bonds is 6.